The standard InChI is InChI=1S/C25H33N3O3/c1-2-3-18-31-23-14-12-22(13-15-23)27-24(29)19-26-21-10-8-20(9-11-21)25(30)28-16-6-4-5-7-17-28/h8-15,26H,2-7,16-19H2,1H3,(H,27,29). The van der Waals surface area contributed by atoms with Crippen molar-refractivity contribution in [2.24, 2.45) is 0 Å². The molecule has 0 saturated carbocycles. The van der Waals surface area contributed by atoms with E-state index in [1.807, 2.05) is 53.4 Å². The van der Waals surface area contributed by atoms with Gasteiger partial charge in [-0.25, -0.2) is 0 Å². The number of rotatable bonds is 9. The van der Waals surface area contributed by atoms with Crippen molar-refractivity contribution in [2.45, 2.75) is 45.4 Å². The summed E-state index contributed by atoms with van der Waals surface area (Å²) in [7, 11) is 0. The van der Waals surface area contributed by atoms with Gasteiger partial charge in [-0.3, -0.25) is 9.59 Å². The van der Waals surface area contributed by atoms with E-state index in [1.165, 1.54) is 12.8 Å². The van der Waals surface area contributed by atoms with E-state index in [4.69, 9.17) is 4.74 Å². The maximum Gasteiger partial charge on any atom is 0.253 e. The highest BCUT2D eigenvalue weighted by molar-refractivity contribution is 5.95. The van der Waals surface area contributed by atoms with Gasteiger partial charge in [-0.2, -0.15) is 0 Å². The fraction of sp³-hybridized carbons (Fsp3) is 0.440. The van der Waals surface area contributed by atoms with E-state index in [0.717, 1.165) is 55.9 Å². The molecule has 2 N–H and O–H groups in total. The van der Waals surface area contributed by atoms with Crippen LogP contribution in [0.4, 0.5) is 11.4 Å². The molecule has 2 aromatic rings. The predicted octanol–water partition coefficient (Wildman–Crippen LogP) is 4.93. The smallest absolute Gasteiger partial charge is 0.253 e. The lowest BCUT2D eigenvalue weighted by Gasteiger charge is -2.20. The van der Waals surface area contributed by atoms with Crippen molar-refractivity contribution in [2.75, 3.05) is 36.9 Å². The van der Waals surface area contributed by atoms with Crippen LogP contribution in [-0.2, 0) is 4.79 Å². The molecule has 1 fully saturated rings. The molecule has 166 valence electrons. The third kappa shape index (κ3) is 7.31. The third-order valence-corrected chi connectivity index (χ3v) is 5.38. The Morgan fingerprint density at radius 3 is 2.19 bits per heavy atom. The summed E-state index contributed by atoms with van der Waals surface area (Å²) in [6, 6.07) is 14.7. The summed E-state index contributed by atoms with van der Waals surface area (Å²) in [5.74, 6) is 0.761. The van der Waals surface area contributed by atoms with Crippen LogP contribution in [0.3, 0.4) is 0 Å². The normalized spacial score (nSPS) is 13.9. The molecule has 0 atom stereocenters. The quantitative estimate of drug-likeness (QED) is 0.561. The first-order valence-corrected chi connectivity index (χ1v) is 11.3. The van der Waals surface area contributed by atoms with Gasteiger partial charge in [0.2, 0.25) is 5.91 Å². The Kier molecular flexibility index (Phi) is 8.76. The van der Waals surface area contributed by atoms with Crippen LogP contribution < -0.4 is 15.4 Å². The molecule has 1 aliphatic heterocycles. The summed E-state index contributed by atoms with van der Waals surface area (Å²) in [6.07, 6.45) is 6.68. The van der Waals surface area contributed by atoms with Crippen LogP contribution in [0, 0.1) is 0 Å². The fourth-order valence-corrected chi connectivity index (χ4v) is 3.54. The zero-order chi connectivity index (χ0) is 21.9. The molecule has 3 rings (SSSR count). The number of carbonyl (C=O) groups excluding carboxylic acids is 2. The Bertz CT molecular complexity index is 826. The van der Waals surface area contributed by atoms with Gasteiger partial charge in [0.15, 0.2) is 0 Å². The highest BCUT2D eigenvalue weighted by Gasteiger charge is 2.17. The minimum Gasteiger partial charge on any atom is -0.494 e. The number of amides is 2. The number of carbonyl (C=O) groups is 2. The monoisotopic (exact) mass is 423 g/mol. The van der Waals surface area contributed by atoms with Crippen LogP contribution in [-0.4, -0.2) is 43.0 Å². The second-order valence-corrected chi connectivity index (χ2v) is 7.91. The molecule has 2 amide bonds. The lowest BCUT2D eigenvalue weighted by molar-refractivity contribution is -0.114. The first kappa shape index (κ1) is 22.7. The van der Waals surface area contributed by atoms with Crippen molar-refractivity contribution in [1.82, 2.24) is 4.90 Å². The molecule has 0 unspecified atom stereocenters. The lowest BCUT2D eigenvalue weighted by Crippen LogP contribution is -2.31. The number of likely N-dealkylation sites (tertiary alicyclic amines) is 1. The zero-order valence-electron chi connectivity index (χ0n) is 18.4. The van der Waals surface area contributed by atoms with Crippen molar-refractivity contribution >= 4 is 23.2 Å². The summed E-state index contributed by atoms with van der Waals surface area (Å²) >= 11 is 0. The van der Waals surface area contributed by atoms with Crippen molar-refractivity contribution in [3.8, 4) is 5.75 Å². The molecule has 1 heterocycles. The number of hydrogen-bond acceptors (Lipinski definition) is 4. The Hall–Kier alpha value is -3.02. The van der Waals surface area contributed by atoms with Crippen molar-refractivity contribution in [3.63, 3.8) is 0 Å². The van der Waals surface area contributed by atoms with Crippen molar-refractivity contribution in [1.29, 1.82) is 0 Å². The highest BCUT2D eigenvalue weighted by Crippen LogP contribution is 2.17. The molecular weight excluding hydrogens is 390 g/mol. The summed E-state index contributed by atoms with van der Waals surface area (Å²) in [4.78, 5) is 26.8. The van der Waals surface area contributed by atoms with Crippen LogP contribution in [0.25, 0.3) is 0 Å². The first-order valence-electron chi connectivity index (χ1n) is 11.3. The average molecular weight is 424 g/mol. The Balaban J connectivity index is 1.44. The van der Waals surface area contributed by atoms with E-state index >= 15 is 0 Å². The number of benzene rings is 2. The van der Waals surface area contributed by atoms with Gasteiger partial charge in [0.1, 0.15) is 5.75 Å². The molecule has 1 saturated heterocycles. The van der Waals surface area contributed by atoms with Gasteiger partial charge in [0, 0.05) is 30.0 Å². The SMILES string of the molecule is CCCCOc1ccc(NC(=O)CNc2ccc(C(=O)N3CCCCCC3)cc2)cc1. The number of ether oxygens (including phenoxy) is 1. The second-order valence-electron chi connectivity index (χ2n) is 7.91. The van der Waals surface area contributed by atoms with Gasteiger partial charge in [0.25, 0.3) is 5.91 Å². The second kappa shape index (κ2) is 12.0. The van der Waals surface area contributed by atoms with Crippen LogP contribution in [0.15, 0.2) is 48.5 Å². The van der Waals surface area contributed by atoms with Crippen LogP contribution in [0.1, 0.15) is 55.8 Å². The number of nitrogens with zero attached hydrogens (tertiary/aromatic N) is 1. The molecule has 0 aliphatic carbocycles. The molecule has 6 nitrogen and oxygen atoms in total. The maximum atomic E-state index is 12.7. The summed E-state index contributed by atoms with van der Waals surface area (Å²) in [6.45, 7) is 4.65. The highest BCUT2D eigenvalue weighted by atomic mass is 16.5. The van der Waals surface area contributed by atoms with Crippen molar-refractivity contribution in [3.05, 3.63) is 54.1 Å². The Morgan fingerprint density at radius 2 is 1.55 bits per heavy atom. The molecule has 2 aromatic carbocycles. The van der Waals surface area contributed by atoms with E-state index in [1.54, 1.807) is 0 Å². The van der Waals surface area contributed by atoms with E-state index in [9.17, 15) is 9.59 Å². The van der Waals surface area contributed by atoms with Gasteiger partial charge in [0.05, 0.1) is 13.2 Å². The summed E-state index contributed by atoms with van der Waals surface area (Å²) < 4.78 is 5.63. The maximum absolute atomic E-state index is 12.7. The zero-order valence-corrected chi connectivity index (χ0v) is 18.4. The molecule has 6 heteroatoms. The van der Waals surface area contributed by atoms with Gasteiger partial charge in [-0.1, -0.05) is 26.2 Å². The molecule has 0 bridgehead atoms. The topological polar surface area (TPSA) is 70.7 Å². The number of hydrogen-bond donors (Lipinski definition) is 2. The van der Waals surface area contributed by atoms with Gasteiger partial charge in [-0.05, 0) is 67.8 Å². The predicted molar refractivity (Wildman–Crippen MR) is 125 cm³/mol. The van der Waals surface area contributed by atoms with Crippen LogP contribution in [0.2, 0.25) is 0 Å². The number of unbranched alkanes of at least 4 members (excludes halogenated alkanes) is 1. The molecule has 0 aromatic heterocycles. The molecular formula is C25H33N3O3. The first-order chi connectivity index (χ1) is 15.2. The molecule has 0 radical (unpaired) electrons. The van der Waals surface area contributed by atoms with Crippen LogP contribution >= 0.6 is 0 Å². The Labute approximate surface area is 185 Å². The van der Waals surface area contributed by atoms with Gasteiger partial charge < -0.3 is 20.3 Å². The fourth-order valence-electron chi connectivity index (χ4n) is 3.54. The minimum atomic E-state index is -0.135. The molecule has 1 aliphatic rings. The van der Waals surface area contributed by atoms with Gasteiger partial charge >= 0.3 is 0 Å². The van der Waals surface area contributed by atoms with Gasteiger partial charge in [-0.15, -0.1) is 0 Å². The van der Waals surface area contributed by atoms with Crippen LogP contribution in [0.5, 0.6) is 5.75 Å². The van der Waals surface area contributed by atoms with E-state index in [-0.39, 0.29) is 18.4 Å². The van der Waals surface area contributed by atoms with E-state index in [2.05, 4.69) is 17.6 Å². The number of anilines is 2. The summed E-state index contributed by atoms with van der Waals surface area (Å²) in [5, 5.41) is 5.97. The van der Waals surface area contributed by atoms with E-state index in [0.29, 0.717) is 12.2 Å². The largest absolute Gasteiger partial charge is 0.494 e. The summed E-state index contributed by atoms with van der Waals surface area (Å²) in [5.41, 5.74) is 2.23. The minimum absolute atomic E-state index is 0.0910. The lowest BCUT2D eigenvalue weighted by atomic mass is 10.1. The average Bonchev–Trinajstić information content (AvgIpc) is 3.09. The molecule has 31 heavy (non-hydrogen) atoms. The van der Waals surface area contributed by atoms with Crippen molar-refractivity contribution < 1.29 is 14.3 Å². The third-order valence-electron chi connectivity index (χ3n) is 5.38. The molecule has 0 spiro atoms. The van der Waals surface area contributed by atoms with E-state index < -0.39 is 0 Å². The number of nitrogens with one attached hydrogen (secondary N) is 2. The Morgan fingerprint density at radius 1 is 0.903 bits per heavy atom.